The lowest BCUT2D eigenvalue weighted by molar-refractivity contribution is -0.240. The largest absolute Gasteiger partial charge is 0.433 e. The molecule has 0 radical (unpaired) electrons. The number of sulfone groups is 1. The van der Waals surface area contributed by atoms with Gasteiger partial charge in [-0.2, -0.15) is 13.2 Å². The van der Waals surface area contributed by atoms with Crippen molar-refractivity contribution in [3.63, 3.8) is 0 Å². The first-order valence-electron chi connectivity index (χ1n) is 11.6. The van der Waals surface area contributed by atoms with Crippen LogP contribution in [0.4, 0.5) is 18.9 Å². The average molecular weight is 598 g/mol. The van der Waals surface area contributed by atoms with Crippen LogP contribution in [0.2, 0.25) is 5.02 Å². The molecule has 3 aromatic carbocycles. The van der Waals surface area contributed by atoms with Crippen molar-refractivity contribution in [3.8, 4) is 11.8 Å². The Bertz CT molecular complexity index is 1660. The van der Waals surface area contributed by atoms with Gasteiger partial charge in [0.05, 0.1) is 15.6 Å². The zero-order valence-corrected chi connectivity index (χ0v) is 22.9. The molecular formula is C27H23ClF3NO5S2. The van der Waals surface area contributed by atoms with Crippen molar-refractivity contribution in [3.05, 3.63) is 88.9 Å². The SMILES string of the molecule is CS(=O)(=O)c1ccc(C#CC(O)(c2ccccc2N(CC2CC2)S(=O)(=O)c2ccccc2Cl)C(F)(F)F)cc1. The van der Waals surface area contributed by atoms with E-state index in [0.29, 0.717) is 12.8 Å². The Morgan fingerprint density at radius 1 is 0.949 bits per heavy atom. The summed E-state index contributed by atoms with van der Waals surface area (Å²) in [6, 6.07) is 15.2. The van der Waals surface area contributed by atoms with Gasteiger partial charge < -0.3 is 5.11 Å². The third-order valence-corrected chi connectivity index (χ3v) is 9.58. The zero-order valence-electron chi connectivity index (χ0n) is 20.5. The van der Waals surface area contributed by atoms with Crippen molar-refractivity contribution in [2.75, 3.05) is 17.1 Å². The fourth-order valence-electron chi connectivity index (χ4n) is 3.87. The molecule has 0 amide bonds. The lowest BCUT2D eigenvalue weighted by Crippen LogP contribution is -2.43. The van der Waals surface area contributed by atoms with E-state index in [1.165, 1.54) is 66.7 Å². The maximum Gasteiger partial charge on any atom is 0.433 e. The van der Waals surface area contributed by atoms with E-state index >= 15 is 0 Å². The van der Waals surface area contributed by atoms with E-state index in [1.807, 2.05) is 5.92 Å². The lowest BCUT2D eigenvalue weighted by Gasteiger charge is -2.32. The third kappa shape index (κ3) is 6.09. The maximum atomic E-state index is 14.5. The predicted molar refractivity (Wildman–Crippen MR) is 142 cm³/mol. The first kappa shape index (κ1) is 29.0. The first-order valence-corrected chi connectivity index (χ1v) is 15.3. The van der Waals surface area contributed by atoms with Gasteiger partial charge in [-0.1, -0.05) is 47.9 Å². The molecule has 0 heterocycles. The summed E-state index contributed by atoms with van der Waals surface area (Å²) in [6.07, 6.45) is -2.95. The Morgan fingerprint density at radius 3 is 2.10 bits per heavy atom. The van der Waals surface area contributed by atoms with E-state index in [9.17, 15) is 35.1 Å². The number of sulfonamides is 1. The first-order chi connectivity index (χ1) is 18.1. The quantitative estimate of drug-likeness (QED) is 0.380. The fraction of sp³-hybridized carbons (Fsp3) is 0.259. The lowest BCUT2D eigenvalue weighted by atomic mass is 9.91. The fourth-order valence-corrected chi connectivity index (χ4v) is 6.56. The Morgan fingerprint density at radius 2 is 1.54 bits per heavy atom. The van der Waals surface area contributed by atoms with E-state index in [-0.39, 0.29) is 38.5 Å². The number of hydrogen-bond acceptors (Lipinski definition) is 5. The number of hydrogen-bond donors (Lipinski definition) is 1. The highest BCUT2D eigenvalue weighted by Crippen LogP contribution is 2.45. The second-order valence-corrected chi connectivity index (χ2v) is 13.4. The predicted octanol–water partition coefficient (Wildman–Crippen LogP) is 5.15. The molecule has 1 unspecified atom stereocenters. The molecule has 1 fully saturated rings. The van der Waals surface area contributed by atoms with Crippen LogP contribution in [0.1, 0.15) is 24.0 Å². The van der Waals surface area contributed by atoms with Crippen LogP contribution in [0.25, 0.3) is 0 Å². The minimum Gasteiger partial charge on any atom is -0.366 e. The van der Waals surface area contributed by atoms with Crippen molar-refractivity contribution >= 4 is 37.1 Å². The standard InChI is InChI=1S/C27H23ClF3NO5S2/c1-38(34,35)21-14-12-19(13-15-21)16-17-26(33,27(29,30)31)22-6-2-4-8-24(22)32(18-20-10-11-20)39(36,37)25-9-5-3-7-23(25)28/h2-9,12-15,20,33H,10-11,18H2,1H3. The second kappa shape index (κ2) is 10.5. The van der Waals surface area contributed by atoms with Crippen molar-refractivity contribution in [1.29, 1.82) is 0 Å². The molecule has 206 valence electrons. The highest BCUT2D eigenvalue weighted by Gasteiger charge is 2.56. The topological polar surface area (TPSA) is 91.8 Å². The molecule has 0 aliphatic heterocycles. The summed E-state index contributed by atoms with van der Waals surface area (Å²) in [7, 11) is -7.97. The van der Waals surface area contributed by atoms with Crippen LogP contribution in [0.3, 0.4) is 0 Å². The van der Waals surface area contributed by atoms with Crippen LogP contribution in [0.15, 0.2) is 82.6 Å². The molecular weight excluding hydrogens is 575 g/mol. The normalized spacial score (nSPS) is 15.6. The zero-order chi connectivity index (χ0) is 28.6. The molecule has 0 spiro atoms. The van der Waals surface area contributed by atoms with Gasteiger partial charge in [-0.3, -0.25) is 4.31 Å². The number of anilines is 1. The van der Waals surface area contributed by atoms with E-state index < -0.39 is 37.2 Å². The van der Waals surface area contributed by atoms with E-state index in [0.717, 1.165) is 16.6 Å². The molecule has 1 aliphatic carbocycles. The number of para-hydroxylation sites is 1. The third-order valence-electron chi connectivity index (χ3n) is 6.17. The van der Waals surface area contributed by atoms with Crippen molar-refractivity contribution < 1.29 is 35.1 Å². The summed E-state index contributed by atoms with van der Waals surface area (Å²) < 4.78 is 95.1. The molecule has 0 saturated heterocycles. The van der Waals surface area contributed by atoms with Gasteiger partial charge in [-0.15, -0.1) is 0 Å². The number of alkyl halides is 3. The minimum absolute atomic E-state index is 0.0149. The monoisotopic (exact) mass is 597 g/mol. The van der Waals surface area contributed by atoms with E-state index in [2.05, 4.69) is 5.92 Å². The van der Waals surface area contributed by atoms with E-state index in [4.69, 9.17) is 11.6 Å². The van der Waals surface area contributed by atoms with Crippen LogP contribution in [0, 0.1) is 17.8 Å². The summed E-state index contributed by atoms with van der Waals surface area (Å²) in [6.45, 7) is -0.112. The summed E-state index contributed by atoms with van der Waals surface area (Å²) in [4.78, 5) is -0.334. The van der Waals surface area contributed by atoms with Gasteiger partial charge >= 0.3 is 6.18 Å². The van der Waals surface area contributed by atoms with Gasteiger partial charge in [0.15, 0.2) is 9.84 Å². The van der Waals surface area contributed by atoms with Crippen LogP contribution >= 0.6 is 11.6 Å². The number of benzene rings is 3. The number of aliphatic hydroxyl groups is 1. The Hall–Kier alpha value is -3.04. The molecule has 39 heavy (non-hydrogen) atoms. The average Bonchev–Trinajstić information content (AvgIpc) is 3.69. The van der Waals surface area contributed by atoms with E-state index in [1.54, 1.807) is 0 Å². The van der Waals surface area contributed by atoms with Gasteiger partial charge in [0.1, 0.15) is 4.90 Å². The van der Waals surface area contributed by atoms with Crippen LogP contribution in [-0.4, -0.2) is 40.9 Å². The summed E-state index contributed by atoms with van der Waals surface area (Å²) in [5.74, 6) is 4.07. The van der Waals surface area contributed by atoms with Crippen LogP contribution < -0.4 is 4.31 Å². The van der Waals surface area contributed by atoms with Gasteiger partial charge in [0.25, 0.3) is 15.6 Å². The molecule has 1 N–H and O–H groups in total. The minimum atomic E-state index is -5.33. The van der Waals surface area contributed by atoms with Gasteiger partial charge in [-0.05, 0) is 67.1 Å². The smallest absolute Gasteiger partial charge is 0.366 e. The Kier molecular flexibility index (Phi) is 7.80. The summed E-state index contributed by atoms with van der Waals surface area (Å²) >= 11 is 6.16. The number of nitrogens with zero attached hydrogens (tertiary/aromatic N) is 1. The molecule has 4 rings (SSSR count). The molecule has 0 aromatic heterocycles. The van der Waals surface area contributed by atoms with Gasteiger partial charge in [-0.25, -0.2) is 16.8 Å². The molecule has 3 aromatic rings. The molecule has 1 saturated carbocycles. The van der Waals surface area contributed by atoms with Gasteiger partial charge in [0.2, 0.25) is 0 Å². The van der Waals surface area contributed by atoms with Crippen molar-refractivity contribution in [2.45, 2.75) is 34.4 Å². The second-order valence-electron chi connectivity index (χ2n) is 9.18. The molecule has 1 atom stereocenters. The van der Waals surface area contributed by atoms with Crippen molar-refractivity contribution in [2.24, 2.45) is 5.92 Å². The molecule has 12 heteroatoms. The number of halogens is 4. The van der Waals surface area contributed by atoms with Gasteiger partial charge in [0, 0.05) is 23.9 Å². The highest BCUT2D eigenvalue weighted by atomic mass is 35.5. The summed E-state index contributed by atoms with van der Waals surface area (Å²) in [5, 5.41) is 11.0. The number of rotatable bonds is 7. The molecule has 0 bridgehead atoms. The van der Waals surface area contributed by atoms with Crippen LogP contribution in [-0.2, 0) is 25.5 Å². The molecule has 6 nitrogen and oxygen atoms in total. The summed E-state index contributed by atoms with van der Waals surface area (Å²) in [5.41, 5.74) is -4.90. The maximum absolute atomic E-state index is 14.5. The van der Waals surface area contributed by atoms with Crippen LogP contribution in [0.5, 0.6) is 0 Å². The van der Waals surface area contributed by atoms with Crippen molar-refractivity contribution in [1.82, 2.24) is 0 Å². The Labute approximate surface area is 230 Å². The Balaban J connectivity index is 1.87. The highest BCUT2D eigenvalue weighted by molar-refractivity contribution is 7.93. The molecule has 1 aliphatic rings.